The average Bonchev–Trinajstić information content (AvgIpc) is 3.28. The van der Waals surface area contributed by atoms with E-state index in [1.165, 1.54) is 11.1 Å². The normalized spacial score (nSPS) is 14.5. The molecule has 1 aliphatic rings. The zero-order chi connectivity index (χ0) is 22.9. The molecule has 0 radical (unpaired) electrons. The Hall–Kier alpha value is -3.52. The number of nitrogens with zero attached hydrogens (tertiary/aromatic N) is 5. The molecule has 8 heteroatoms. The van der Waals surface area contributed by atoms with Gasteiger partial charge in [0.05, 0.1) is 13.2 Å². The number of H-pyrrole nitrogens is 1. The molecule has 1 N–H and O–H groups in total. The highest BCUT2D eigenvalue weighted by molar-refractivity contribution is 5.81. The minimum Gasteiger partial charge on any atom is -0.383 e. The second-order valence-corrected chi connectivity index (χ2v) is 8.66. The summed E-state index contributed by atoms with van der Waals surface area (Å²) in [5.74, 6) is 0.637. The molecule has 0 fully saturated rings. The van der Waals surface area contributed by atoms with Crippen molar-refractivity contribution < 1.29 is 4.74 Å². The molecule has 0 saturated carbocycles. The maximum absolute atomic E-state index is 13.5. The zero-order valence-corrected chi connectivity index (χ0v) is 19.2. The molecule has 0 aliphatic carbocycles. The molecular weight excluding hydrogens is 416 g/mol. The van der Waals surface area contributed by atoms with Crippen LogP contribution in [0, 0.1) is 13.8 Å². The molecule has 8 nitrogen and oxygen atoms in total. The van der Waals surface area contributed by atoms with Crippen LogP contribution < -0.4 is 10.5 Å². The van der Waals surface area contributed by atoms with Crippen molar-refractivity contribution in [2.75, 3.05) is 25.2 Å². The standard InChI is InChI=1S/C25H28N6O2/c1-16-13-19-15-20(25(32)26-21(19)14-17(16)2)23(24-27-28-29-31(24)11-12-33-3)30-10-6-8-18-7-4-5-9-22(18)30/h4-5,7,9,13-15,23H,6,8,10-12H2,1-3H3,(H,26,32)/t23-/m0/s1. The monoisotopic (exact) mass is 444 g/mol. The van der Waals surface area contributed by atoms with Crippen LogP contribution in [0.1, 0.15) is 40.5 Å². The van der Waals surface area contributed by atoms with Crippen molar-refractivity contribution in [1.29, 1.82) is 0 Å². The Labute approximate surface area is 192 Å². The number of benzene rings is 2. The molecule has 0 spiro atoms. The zero-order valence-electron chi connectivity index (χ0n) is 19.2. The van der Waals surface area contributed by atoms with E-state index >= 15 is 0 Å². The largest absolute Gasteiger partial charge is 0.383 e. The first-order valence-electron chi connectivity index (χ1n) is 11.3. The highest BCUT2D eigenvalue weighted by Gasteiger charge is 2.33. The molecule has 1 atom stereocenters. The lowest BCUT2D eigenvalue weighted by atomic mass is 9.96. The van der Waals surface area contributed by atoms with Crippen LogP contribution in [0.25, 0.3) is 10.9 Å². The third-order valence-corrected chi connectivity index (χ3v) is 6.55. The number of aromatic nitrogens is 5. The summed E-state index contributed by atoms with van der Waals surface area (Å²) in [7, 11) is 1.65. The van der Waals surface area contributed by atoms with Crippen molar-refractivity contribution in [3.8, 4) is 0 Å². The number of methoxy groups -OCH3 is 1. The molecule has 4 aromatic rings. The molecule has 1 aliphatic heterocycles. The van der Waals surface area contributed by atoms with Gasteiger partial charge in [-0.15, -0.1) is 5.10 Å². The molecule has 0 saturated heterocycles. The van der Waals surface area contributed by atoms with Crippen LogP contribution in [0.15, 0.2) is 47.3 Å². The topological polar surface area (TPSA) is 88.9 Å². The highest BCUT2D eigenvalue weighted by atomic mass is 16.5. The number of pyridine rings is 1. The van der Waals surface area contributed by atoms with Crippen LogP contribution >= 0.6 is 0 Å². The lowest BCUT2D eigenvalue weighted by Gasteiger charge is -2.37. The van der Waals surface area contributed by atoms with Crippen molar-refractivity contribution in [3.05, 3.63) is 80.9 Å². The molecule has 0 bridgehead atoms. The summed E-state index contributed by atoms with van der Waals surface area (Å²) < 4.78 is 7.01. The van der Waals surface area contributed by atoms with Gasteiger partial charge in [-0.2, -0.15) is 0 Å². The summed E-state index contributed by atoms with van der Waals surface area (Å²) in [5.41, 5.74) is 6.07. The predicted molar refractivity (Wildman–Crippen MR) is 128 cm³/mol. The van der Waals surface area contributed by atoms with Crippen LogP contribution in [-0.4, -0.2) is 45.5 Å². The van der Waals surface area contributed by atoms with E-state index in [4.69, 9.17) is 4.74 Å². The fraction of sp³-hybridized carbons (Fsp3) is 0.360. The number of aryl methyl sites for hydroxylation is 3. The second kappa shape index (κ2) is 8.78. The van der Waals surface area contributed by atoms with Crippen molar-refractivity contribution >= 4 is 16.6 Å². The molecule has 0 unspecified atom stereocenters. The second-order valence-electron chi connectivity index (χ2n) is 8.66. The Balaban J connectivity index is 1.72. The van der Waals surface area contributed by atoms with Crippen LogP contribution in [0.5, 0.6) is 0 Å². The number of hydrogen-bond donors (Lipinski definition) is 1. The first kappa shape index (κ1) is 21.3. The Kier molecular flexibility index (Phi) is 5.68. The third kappa shape index (κ3) is 3.91. The molecule has 2 aromatic heterocycles. The Morgan fingerprint density at radius 3 is 2.82 bits per heavy atom. The number of fused-ring (bicyclic) bond motifs is 2. The smallest absolute Gasteiger partial charge is 0.254 e. The van der Waals surface area contributed by atoms with E-state index in [0.717, 1.165) is 41.5 Å². The maximum Gasteiger partial charge on any atom is 0.254 e. The van der Waals surface area contributed by atoms with Crippen LogP contribution in [0.4, 0.5) is 5.69 Å². The van der Waals surface area contributed by atoms with E-state index < -0.39 is 6.04 Å². The SMILES string of the molecule is COCCn1nnnc1[C@H](c1cc2cc(C)c(C)cc2[nH]c1=O)N1CCCc2ccccc21. The Morgan fingerprint density at radius 1 is 1.15 bits per heavy atom. The minimum absolute atomic E-state index is 0.125. The Morgan fingerprint density at radius 2 is 1.97 bits per heavy atom. The van der Waals surface area contributed by atoms with Crippen LogP contribution in [0.2, 0.25) is 0 Å². The number of anilines is 1. The molecule has 2 aromatic carbocycles. The third-order valence-electron chi connectivity index (χ3n) is 6.55. The first-order chi connectivity index (χ1) is 16.1. The summed E-state index contributed by atoms with van der Waals surface area (Å²) in [6, 6.07) is 14.1. The number of nitrogens with one attached hydrogen (secondary N) is 1. The summed E-state index contributed by atoms with van der Waals surface area (Å²) in [4.78, 5) is 18.8. The number of aromatic amines is 1. The van der Waals surface area contributed by atoms with E-state index in [9.17, 15) is 4.79 Å². The summed E-state index contributed by atoms with van der Waals surface area (Å²) >= 11 is 0. The molecule has 5 rings (SSSR count). The van der Waals surface area contributed by atoms with Crippen LogP contribution in [-0.2, 0) is 17.7 Å². The van der Waals surface area contributed by atoms with E-state index in [1.54, 1.807) is 11.8 Å². The van der Waals surface area contributed by atoms with Gasteiger partial charge in [-0.05, 0) is 83.5 Å². The predicted octanol–water partition coefficient (Wildman–Crippen LogP) is 3.32. The molecule has 33 heavy (non-hydrogen) atoms. The van der Waals surface area contributed by atoms with E-state index in [0.29, 0.717) is 24.5 Å². The van der Waals surface area contributed by atoms with Gasteiger partial charge in [-0.3, -0.25) is 4.79 Å². The average molecular weight is 445 g/mol. The van der Waals surface area contributed by atoms with Crippen LogP contribution in [0.3, 0.4) is 0 Å². The fourth-order valence-electron chi connectivity index (χ4n) is 4.72. The molecular formula is C25H28N6O2. The van der Waals surface area contributed by atoms with Crippen molar-refractivity contribution in [2.24, 2.45) is 0 Å². The van der Waals surface area contributed by atoms with Crippen molar-refractivity contribution in [2.45, 2.75) is 39.3 Å². The lowest BCUT2D eigenvalue weighted by Crippen LogP contribution is -2.38. The van der Waals surface area contributed by atoms with Gasteiger partial charge < -0.3 is 14.6 Å². The fourth-order valence-corrected chi connectivity index (χ4v) is 4.72. The van der Waals surface area contributed by atoms with Gasteiger partial charge in [-0.1, -0.05) is 18.2 Å². The first-order valence-corrected chi connectivity index (χ1v) is 11.3. The number of hydrogen-bond acceptors (Lipinski definition) is 6. The number of rotatable bonds is 6. The van der Waals surface area contributed by atoms with Gasteiger partial charge in [-0.25, -0.2) is 4.68 Å². The van der Waals surface area contributed by atoms with Gasteiger partial charge in [0.1, 0.15) is 6.04 Å². The lowest BCUT2D eigenvalue weighted by molar-refractivity contribution is 0.181. The van der Waals surface area contributed by atoms with Gasteiger partial charge in [0.15, 0.2) is 5.82 Å². The van der Waals surface area contributed by atoms with E-state index in [1.807, 2.05) is 18.2 Å². The van der Waals surface area contributed by atoms with E-state index in [2.05, 4.69) is 63.5 Å². The van der Waals surface area contributed by atoms with Gasteiger partial charge in [0, 0.05) is 30.4 Å². The van der Waals surface area contributed by atoms with Gasteiger partial charge in [0.25, 0.3) is 5.56 Å². The molecule has 170 valence electrons. The quantitative estimate of drug-likeness (QED) is 0.491. The highest BCUT2D eigenvalue weighted by Crippen LogP contribution is 2.36. The number of para-hydroxylation sites is 1. The molecule has 3 heterocycles. The molecule has 0 amide bonds. The number of ether oxygens (including phenoxy) is 1. The minimum atomic E-state index is -0.423. The van der Waals surface area contributed by atoms with Gasteiger partial charge in [0.2, 0.25) is 0 Å². The Bertz CT molecular complexity index is 1360. The maximum atomic E-state index is 13.5. The van der Waals surface area contributed by atoms with Crippen molar-refractivity contribution in [3.63, 3.8) is 0 Å². The summed E-state index contributed by atoms with van der Waals surface area (Å²) in [5, 5.41) is 13.6. The number of tetrazole rings is 1. The summed E-state index contributed by atoms with van der Waals surface area (Å²) in [6.07, 6.45) is 2.01. The van der Waals surface area contributed by atoms with Crippen molar-refractivity contribution in [1.82, 2.24) is 25.2 Å². The van der Waals surface area contributed by atoms with E-state index in [-0.39, 0.29) is 5.56 Å². The summed E-state index contributed by atoms with van der Waals surface area (Å²) in [6.45, 7) is 5.94. The van der Waals surface area contributed by atoms with Gasteiger partial charge >= 0.3 is 0 Å².